The largest absolute Gasteiger partial charge is 1.00 e. The fourth-order valence-corrected chi connectivity index (χ4v) is 7.32. The van der Waals surface area contributed by atoms with Crippen molar-refractivity contribution in [2.45, 2.75) is 76.8 Å². The minimum Gasteiger partial charge on any atom is -0.726 e. The predicted molar refractivity (Wildman–Crippen MR) is 104 cm³/mol. The predicted octanol–water partition coefficient (Wildman–Crippen LogP) is -1.65. The van der Waals surface area contributed by atoms with E-state index in [1.807, 2.05) is 0 Å². The molecule has 4 fully saturated rings. The van der Waals surface area contributed by atoms with E-state index in [2.05, 4.69) is 4.18 Å². The summed E-state index contributed by atoms with van der Waals surface area (Å²) in [6.45, 7) is 2.35. The van der Waals surface area contributed by atoms with E-state index in [1.165, 1.54) is 0 Å². The smallest absolute Gasteiger partial charge is 0.726 e. The van der Waals surface area contributed by atoms with Crippen LogP contribution in [0.2, 0.25) is 0 Å². The SMILES string of the molecule is [2H]C1([2H])C[C@]2(C)[C@H]3C(=O)C[C@@]4(C)[C@@H](CC[C@]4(O)C(=O)CO)[C@@H]3CC[C@H]2C([2H])([2H])[C@]1([2H])OS(=O)(=O)[O-].[Na+]. The third-order valence-electron chi connectivity index (χ3n) is 8.43. The third-order valence-corrected chi connectivity index (χ3v) is 8.81. The standard InChI is InChI=1S/C21H32O8S.Na/c1-19-7-5-13(29-30(26,27)28)9-12(19)3-4-14-15-6-8-21(25,17(24)11-22)20(15,2)10-16(23)18(14)19;/h12-15,18,22,25H,3-11H2,1-2H3,(H,26,27,28);/q;+1/p-1/t12-,13+,14-,15-,18+,19-,20-,21-;/m0./s1/i5D2,9D2,13D;. The fourth-order valence-electron chi connectivity index (χ4n) is 7.01. The van der Waals surface area contributed by atoms with E-state index in [4.69, 9.17) is 6.85 Å². The Labute approximate surface area is 212 Å². The number of ketones is 2. The quantitative estimate of drug-likeness (QED) is 0.282. The maximum atomic E-state index is 13.7. The molecule has 0 aliphatic heterocycles. The van der Waals surface area contributed by atoms with Gasteiger partial charge in [-0.2, -0.15) is 0 Å². The van der Waals surface area contributed by atoms with Crippen molar-refractivity contribution >= 4 is 22.0 Å². The summed E-state index contributed by atoms with van der Waals surface area (Å²) in [7, 11) is -5.62. The van der Waals surface area contributed by atoms with Gasteiger partial charge >= 0.3 is 29.6 Å². The summed E-state index contributed by atoms with van der Waals surface area (Å²) < 4.78 is 80.9. The number of hydrogen-bond donors (Lipinski definition) is 2. The van der Waals surface area contributed by atoms with Crippen LogP contribution in [0.5, 0.6) is 0 Å². The van der Waals surface area contributed by atoms with E-state index < -0.39 is 82.2 Å². The van der Waals surface area contributed by atoms with Crippen LogP contribution in [-0.2, 0) is 24.2 Å². The van der Waals surface area contributed by atoms with Crippen LogP contribution >= 0.6 is 0 Å². The summed E-state index contributed by atoms with van der Waals surface area (Å²) >= 11 is 0. The topological polar surface area (TPSA) is 141 Å². The zero-order chi connectivity index (χ0) is 26.6. The van der Waals surface area contributed by atoms with Gasteiger partial charge in [0.1, 0.15) is 18.0 Å². The molecule has 4 rings (SSSR count). The Morgan fingerprint density at radius 2 is 2.00 bits per heavy atom. The summed E-state index contributed by atoms with van der Waals surface area (Å²) in [6.07, 6.45) is -9.22. The number of rotatable bonds is 4. The molecule has 8 atom stereocenters. The Kier molecular flexibility index (Phi) is 5.27. The molecular weight excluding hydrogens is 435 g/mol. The minimum atomic E-state index is -5.62. The molecule has 8 nitrogen and oxygen atoms in total. The van der Waals surface area contributed by atoms with Crippen LogP contribution in [0.4, 0.5) is 0 Å². The van der Waals surface area contributed by atoms with Crippen LogP contribution in [0.25, 0.3) is 0 Å². The second kappa shape index (κ2) is 8.41. The van der Waals surface area contributed by atoms with Gasteiger partial charge in [-0.05, 0) is 68.0 Å². The van der Waals surface area contributed by atoms with Crippen molar-refractivity contribution in [2.75, 3.05) is 6.61 Å². The zero-order valence-electron chi connectivity index (χ0n) is 23.0. The van der Waals surface area contributed by atoms with Crippen molar-refractivity contribution in [3.63, 3.8) is 0 Å². The van der Waals surface area contributed by atoms with E-state index in [-0.39, 0.29) is 66.9 Å². The van der Waals surface area contributed by atoms with Crippen LogP contribution < -0.4 is 29.6 Å². The van der Waals surface area contributed by atoms with Gasteiger partial charge in [-0.15, -0.1) is 0 Å². The molecule has 4 aliphatic rings. The van der Waals surface area contributed by atoms with Gasteiger partial charge in [0.2, 0.25) is 10.4 Å². The minimum absolute atomic E-state index is 0. The molecule has 0 bridgehead atoms. The Morgan fingerprint density at radius 3 is 2.61 bits per heavy atom. The number of carbonyl (C=O) groups excluding carboxylic acids is 2. The van der Waals surface area contributed by atoms with Crippen LogP contribution in [0.3, 0.4) is 0 Å². The van der Waals surface area contributed by atoms with Gasteiger partial charge in [-0.1, -0.05) is 13.8 Å². The van der Waals surface area contributed by atoms with Gasteiger partial charge in [0, 0.05) is 23.2 Å². The van der Waals surface area contributed by atoms with E-state index in [0.29, 0.717) is 6.42 Å². The molecule has 4 saturated carbocycles. The van der Waals surface area contributed by atoms with Crippen molar-refractivity contribution < 1.29 is 73.4 Å². The van der Waals surface area contributed by atoms with Crippen LogP contribution in [-0.4, -0.2) is 53.0 Å². The summed E-state index contributed by atoms with van der Waals surface area (Å²) in [5.74, 6) is -3.86. The fraction of sp³-hybridized carbons (Fsp3) is 0.905. The molecule has 0 aromatic carbocycles. The molecule has 0 unspecified atom stereocenters. The van der Waals surface area contributed by atoms with Crippen molar-refractivity contribution in [2.24, 2.45) is 34.5 Å². The molecule has 2 N–H and O–H groups in total. The normalized spacial score (nSPS) is 55.0. The van der Waals surface area contributed by atoms with Gasteiger partial charge in [-0.25, -0.2) is 8.42 Å². The van der Waals surface area contributed by atoms with Crippen molar-refractivity contribution in [1.82, 2.24) is 0 Å². The van der Waals surface area contributed by atoms with E-state index in [9.17, 15) is 32.8 Å². The molecule has 4 aliphatic carbocycles. The molecule has 0 amide bonds. The molecule has 0 aromatic heterocycles. The summed E-state index contributed by atoms with van der Waals surface area (Å²) in [5, 5.41) is 20.7. The molecule has 0 radical (unpaired) electrons. The Balaban J connectivity index is 0.00000361. The first-order valence-corrected chi connectivity index (χ1v) is 11.6. The molecule has 0 saturated heterocycles. The first kappa shape index (κ1) is 19.4. The average molecular weight is 472 g/mol. The number of carbonyl (C=O) groups is 2. The van der Waals surface area contributed by atoms with Gasteiger partial charge in [0.15, 0.2) is 5.78 Å². The first-order chi connectivity index (χ1) is 15.7. The van der Waals surface area contributed by atoms with E-state index in [0.717, 1.165) is 0 Å². The van der Waals surface area contributed by atoms with Crippen LogP contribution in [0.15, 0.2) is 0 Å². The monoisotopic (exact) mass is 471 g/mol. The number of hydrogen-bond acceptors (Lipinski definition) is 8. The summed E-state index contributed by atoms with van der Waals surface area (Å²) in [5.41, 5.74) is -4.36. The molecule has 0 spiro atoms. The van der Waals surface area contributed by atoms with Crippen molar-refractivity contribution in [3.8, 4) is 0 Å². The molecule has 0 aromatic rings. The number of Topliss-reactive ketones (excluding diaryl/α,β-unsaturated/α-hetero) is 2. The van der Waals surface area contributed by atoms with Crippen molar-refractivity contribution in [3.05, 3.63) is 0 Å². The molecule has 0 heterocycles. The average Bonchev–Trinajstić information content (AvgIpc) is 2.95. The van der Waals surface area contributed by atoms with E-state index >= 15 is 0 Å². The summed E-state index contributed by atoms with van der Waals surface area (Å²) in [6, 6.07) is 0. The molecule has 10 heteroatoms. The third kappa shape index (κ3) is 3.91. The second-order valence-corrected chi connectivity index (χ2v) is 10.7. The van der Waals surface area contributed by atoms with E-state index in [1.54, 1.807) is 13.8 Å². The van der Waals surface area contributed by atoms with Gasteiger partial charge < -0.3 is 14.8 Å². The van der Waals surface area contributed by atoms with Crippen molar-refractivity contribution in [1.29, 1.82) is 0 Å². The maximum Gasteiger partial charge on any atom is 1.00 e. The molecular formula is C21H31NaO8S. The Hall–Kier alpha value is 0.130. The number of aliphatic hydroxyl groups excluding tert-OH is 1. The van der Waals surface area contributed by atoms with Gasteiger partial charge in [0.05, 0.1) is 7.45 Å². The second-order valence-electron chi connectivity index (χ2n) is 9.74. The van der Waals surface area contributed by atoms with Gasteiger partial charge in [-0.3, -0.25) is 13.8 Å². The zero-order valence-corrected chi connectivity index (χ0v) is 20.8. The molecule has 31 heavy (non-hydrogen) atoms. The Morgan fingerprint density at radius 1 is 1.32 bits per heavy atom. The number of aliphatic hydroxyl groups is 2. The summed E-state index contributed by atoms with van der Waals surface area (Å²) in [4.78, 5) is 26.2. The Bertz CT molecular complexity index is 1070. The first-order valence-electron chi connectivity index (χ1n) is 12.8. The maximum absolute atomic E-state index is 13.7. The number of fused-ring (bicyclic) bond motifs is 5. The van der Waals surface area contributed by atoms with Crippen LogP contribution in [0, 0.1) is 34.5 Å². The van der Waals surface area contributed by atoms with Crippen LogP contribution in [0.1, 0.15) is 72.0 Å². The molecule has 170 valence electrons. The van der Waals surface area contributed by atoms with Gasteiger partial charge in [0.25, 0.3) is 0 Å².